The smallest absolute Gasteiger partial charge is 0.145 e. The number of nitrogens with zero attached hydrogens (tertiary/aromatic N) is 2. The first kappa shape index (κ1) is 11.7. The average molecular weight is 248 g/mol. The summed E-state index contributed by atoms with van der Waals surface area (Å²) in [6.45, 7) is 4.17. The molecular weight excluding hydrogens is 232 g/mol. The molecule has 0 saturated carbocycles. The Morgan fingerprint density at radius 1 is 0.789 bits per heavy atom. The van der Waals surface area contributed by atoms with Crippen LogP contribution >= 0.6 is 0 Å². The third-order valence-electron chi connectivity index (χ3n) is 3.39. The maximum Gasteiger partial charge on any atom is 0.145 e. The number of rotatable bonds is 2. The van der Waals surface area contributed by atoms with Gasteiger partial charge >= 0.3 is 0 Å². The topological polar surface area (TPSA) is 17.8 Å². The normalized spacial score (nSPS) is 10.6. The van der Waals surface area contributed by atoms with Crippen LogP contribution in [0.3, 0.4) is 0 Å². The highest BCUT2D eigenvalue weighted by Gasteiger charge is 2.13. The van der Waals surface area contributed by atoms with Crippen molar-refractivity contribution in [3.8, 4) is 17.1 Å². The van der Waals surface area contributed by atoms with Crippen LogP contribution in [0.15, 0.2) is 60.7 Å². The van der Waals surface area contributed by atoms with Crippen LogP contribution in [0.5, 0.6) is 0 Å². The maximum absolute atomic E-state index is 4.72. The predicted octanol–water partition coefficient (Wildman–Crippen LogP) is 4.16. The molecule has 0 aliphatic heterocycles. The SMILES string of the molecule is Cc1nc(-c2ccccc2)n(-c2ccccc2)c1C. The van der Waals surface area contributed by atoms with E-state index in [1.165, 1.54) is 5.69 Å². The van der Waals surface area contributed by atoms with Crippen molar-refractivity contribution in [1.29, 1.82) is 0 Å². The van der Waals surface area contributed by atoms with Crippen molar-refractivity contribution in [1.82, 2.24) is 9.55 Å². The monoisotopic (exact) mass is 248 g/mol. The lowest BCUT2D eigenvalue weighted by atomic mass is 10.2. The Bertz CT molecular complexity index is 682. The largest absolute Gasteiger partial charge is 0.297 e. The van der Waals surface area contributed by atoms with E-state index in [4.69, 9.17) is 4.98 Å². The highest BCUT2D eigenvalue weighted by molar-refractivity contribution is 5.60. The molecule has 0 radical (unpaired) electrons. The summed E-state index contributed by atoms with van der Waals surface area (Å²) < 4.78 is 2.21. The lowest BCUT2D eigenvalue weighted by molar-refractivity contribution is 1.01. The molecular formula is C17H16N2. The second-order valence-corrected chi connectivity index (χ2v) is 4.64. The molecule has 1 heterocycles. The quantitative estimate of drug-likeness (QED) is 0.666. The summed E-state index contributed by atoms with van der Waals surface area (Å²) in [7, 11) is 0. The predicted molar refractivity (Wildman–Crippen MR) is 78.5 cm³/mol. The molecule has 2 aromatic carbocycles. The van der Waals surface area contributed by atoms with Gasteiger partial charge in [-0.1, -0.05) is 48.5 Å². The van der Waals surface area contributed by atoms with Gasteiger partial charge < -0.3 is 0 Å². The summed E-state index contributed by atoms with van der Waals surface area (Å²) in [4.78, 5) is 4.72. The molecule has 3 rings (SSSR count). The Kier molecular flexibility index (Phi) is 2.92. The first-order chi connectivity index (χ1) is 9.27. The van der Waals surface area contributed by atoms with Crippen molar-refractivity contribution >= 4 is 0 Å². The summed E-state index contributed by atoms with van der Waals surface area (Å²) in [6, 6.07) is 20.7. The third-order valence-corrected chi connectivity index (χ3v) is 3.39. The molecule has 2 nitrogen and oxygen atoms in total. The lowest BCUT2D eigenvalue weighted by Crippen LogP contribution is -1.99. The van der Waals surface area contributed by atoms with Crippen molar-refractivity contribution < 1.29 is 0 Å². The van der Waals surface area contributed by atoms with Crippen LogP contribution in [0.1, 0.15) is 11.4 Å². The van der Waals surface area contributed by atoms with Gasteiger partial charge in [0.2, 0.25) is 0 Å². The molecule has 0 spiro atoms. The maximum atomic E-state index is 4.72. The van der Waals surface area contributed by atoms with Crippen molar-refractivity contribution in [2.45, 2.75) is 13.8 Å². The number of hydrogen-bond acceptors (Lipinski definition) is 1. The molecule has 0 saturated heterocycles. The number of para-hydroxylation sites is 1. The molecule has 0 fully saturated rings. The zero-order valence-electron chi connectivity index (χ0n) is 11.2. The molecule has 2 heteroatoms. The summed E-state index contributed by atoms with van der Waals surface area (Å²) in [6.07, 6.45) is 0. The van der Waals surface area contributed by atoms with Gasteiger partial charge in [0.05, 0.1) is 5.69 Å². The van der Waals surface area contributed by atoms with E-state index >= 15 is 0 Å². The van der Waals surface area contributed by atoms with Crippen molar-refractivity contribution in [2.24, 2.45) is 0 Å². The van der Waals surface area contributed by atoms with Gasteiger partial charge in [-0.05, 0) is 26.0 Å². The van der Waals surface area contributed by atoms with E-state index in [0.717, 1.165) is 22.8 Å². The van der Waals surface area contributed by atoms with Crippen molar-refractivity contribution in [3.63, 3.8) is 0 Å². The molecule has 0 amide bonds. The molecule has 1 aromatic heterocycles. The van der Waals surface area contributed by atoms with E-state index in [9.17, 15) is 0 Å². The minimum Gasteiger partial charge on any atom is -0.297 e. The summed E-state index contributed by atoms with van der Waals surface area (Å²) in [5.41, 5.74) is 4.55. The van der Waals surface area contributed by atoms with Crippen LogP contribution in [-0.2, 0) is 0 Å². The van der Waals surface area contributed by atoms with Crippen LogP contribution in [0.25, 0.3) is 17.1 Å². The van der Waals surface area contributed by atoms with Crippen LogP contribution in [0.4, 0.5) is 0 Å². The van der Waals surface area contributed by atoms with Gasteiger partial charge in [0, 0.05) is 16.9 Å². The minimum atomic E-state index is 1.00. The highest BCUT2D eigenvalue weighted by Crippen LogP contribution is 2.25. The van der Waals surface area contributed by atoms with Gasteiger partial charge in [0.1, 0.15) is 5.82 Å². The first-order valence-corrected chi connectivity index (χ1v) is 6.44. The number of benzene rings is 2. The first-order valence-electron chi connectivity index (χ1n) is 6.44. The van der Waals surface area contributed by atoms with Crippen LogP contribution < -0.4 is 0 Å². The Morgan fingerprint density at radius 3 is 2.00 bits per heavy atom. The minimum absolute atomic E-state index is 1.00. The number of aromatic nitrogens is 2. The van der Waals surface area contributed by atoms with E-state index in [1.807, 2.05) is 24.3 Å². The fourth-order valence-electron chi connectivity index (χ4n) is 2.28. The Morgan fingerprint density at radius 2 is 1.37 bits per heavy atom. The summed E-state index contributed by atoms with van der Waals surface area (Å²) in [5, 5.41) is 0. The zero-order valence-corrected chi connectivity index (χ0v) is 11.2. The van der Waals surface area contributed by atoms with Gasteiger partial charge in [-0.15, -0.1) is 0 Å². The Hall–Kier alpha value is -2.35. The van der Waals surface area contributed by atoms with E-state index in [1.54, 1.807) is 0 Å². The van der Waals surface area contributed by atoms with Gasteiger partial charge in [-0.3, -0.25) is 4.57 Å². The second kappa shape index (κ2) is 4.73. The highest BCUT2D eigenvalue weighted by atomic mass is 15.1. The fraction of sp³-hybridized carbons (Fsp3) is 0.118. The Balaban J connectivity index is 2.25. The van der Waals surface area contributed by atoms with Gasteiger partial charge in [-0.2, -0.15) is 0 Å². The molecule has 0 unspecified atom stereocenters. The summed E-state index contributed by atoms with van der Waals surface area (Å²) in [5.74, 6) is 1.00. The lowest BCUT2D eigenvalue weighted by Gasteiger charge is -2.10. The third kappa shape index (κ3) is 2.06. The molecule has 0 bridgehead atoms. The van der Waals surface area contributed by atoms with Crippen molar-refractivity contribution in [2.75, 3.05) is 0 Å². The molecule has 0 aliphatic rings. The fourth-order valence-corrected chi connectivity index (χ4v) is 2.28. The van der Waals surface area contributed by atoms with E-state index in [-0.39, 0.29) is 0 Å². The van der Waals surface area contributed by atoms with Gasteiger partial charge in [-0.25, -0.2) is 4.98 Å². The molecule has 0 atom stereocenters. The van der Waals surface area contributed by atoms with Crippen LogP contribution in [-0.4, -0.2) is 9.55 Å². The number of imidazole rings is 1. The number of aryl methyl sites for hydroxylation is 1. The van der Waals surface area contributed by atoms with Gasteiger partial charge in [0.25, 0.3) is 0 Å². The zero-order chi connectivity index (χ0) is 13.2. The van der Waals surface area contributed by atoms with Gasteiger partial charge in [0.15, 0.2) is 0 Å². The standard InChI is InChI=1S/C17H16N2/c1-13-14(2)19(16-11-7-4-8-12-16)17(18-13)15-9-5-3-6-10-15/h3-12H,1-2H3. The van der Waals surface area contributed by atoms with E-state index in [0.29, 0.717) is 0 Å². The number of hydrogen-bond donors (Lipinski definition) is 0. The molecule has 0 N–H and O–H groups in total. The average Bonchev–Trinajstić information content (AvgIpc) is 2.77. The molecule has 19 heavy (non-hydrogen) atoms. The van der Waals surface area contributed by atoms with Crippen LogP contribution in [0.2, 0.25) is 0 Å². The van der Waals surface area contributed by atoms with Crippen molar-refractivity contribution in [3.05, 3.63) is 72.1 Å². The molecule has 3 aromatic rings. The summed E-state index contributed by atoms with van der Waals surface area (Å²) >= 11 is 0. The Labute approximate surface area is 113 Å². The second-order valence-electron chi connectivity index (χ2n) is 4.64. The molecule has 0 aliphatic carbocycles. The van der Waals surface area contributed by atoms with Crippen LogP contribution in [0, 0.1) is 13.8 Å². The molecule has 94 valence electrons. The van der Waals surface area contributed by atoms with E-state index < -0.39 is 0 Å². The van der Waals surface area contributed by atoms with E-state index in [2.05, 4.69) is 54.8 Å².